The van der Waals surface area contributed by atoms with Gasteiger partial charge in [0, 0.05) is 35.3 Å². The van der Waals surface area contributed by atoms with E-state index in [9.17, 15) is 13.2 Å². The Morgan fingerprint density at radius 2 is 1.68 bits per heavy atom. The number of rotatable bonds is 3. The lowest BCUT2D eigenvalue weighted by Gasteiger charge is -2.10. The van der Waals surface area contributed by atoms with Crippen LogP contribution in [0.5, 0.6) is 0 Å². The third-order valence-electron chi connectivity index (χ3n) is 4.98. The van der Waals surface area contributed by atoms with E-state index >= 15 is 0 Å². The Hall–Kier alpha value is -3.64. The van der Waals surface area contributed by atoms with Gasteiger partial charge in [-0.25, -0.2) is 18.2 Å². The molecule has 0 radical (unpaired) electrons. The molecule has 5 rings (SSSR count). The van der Waals surface area contributed by atoms with E-state index in [0.29, 0.717) is 28.1 Å². The summed E-state index contributed by atoms with van der Waals surface area (Å²) in [5.74, 6) is -1.25. The molecule has 152 valence electrons. The van der Waals surface area contributed by atoms with Crippen LogP contribution in [-0.4, -0.2) is 14.5 Å². The Balaban J connectivity index is 1.76. The highest BCUT2D eigenvalue weighted by Gasteiger charge is 2.17. The van der Waals surface area contributed by atoms with E-state index < -0.39 is 17.5 Å². The maximum absolute atomic E-state index is 14.3. The lowest BCUT2D eigenvalue weighted by atomic mass is 10.0. The minimum atomic E-state index is -0.656. The second-order valence-electron chi connectivity index (χ2n) is 6.94. The van der Waals surface area contributed by atoms with Crippen molar-refractivity contribution < 1.29 is 13.2 Å². The molecule has 2 heterocycles. The lowest BCUT2D eigenvalue weighted by molar-refractivity contribution is 0.585. The summed E-state index contributed by atoms with van der Waals surface area (Å²) in [6.45, 7) is 0. The number of hydrogen-bond acceptors (Lipinski definition) is 2. The molecule has 0 bridgehead atoms. The van der Waals surface area contributed by atoms with Gasteiger partial charge in [-0.05, 0) is 60.2 Å². The molecule has 0 amide bonds. The molecule has 0 saturated heterocycles. The van der Waals surface area contributed by atoms with Gasteiger partial charge in [0.25, 0.3) is 0 Å². The van der Waals surface area contributed by atoms with Crippen molar-refractivity contribution in [3.05, 3.63) is 102 Å². The second kappa shape index (κ2) is 7.56. The zero-order valence-corrected chi connectivity index (χ0v) is 16.6. The first-order valence-electron chi connectivity index (χ1n) is 9.35. The highest BCUT2D eigenvalue weighted by Crippen LogP contribution is 2.33. The van der Waals surface area contributed by atoms with E-state index in [0.717, 1.165) is 11.6 Å². The fraction of sp³-hybridized carbons (Fsp3) is 0. The molecule has 0 aliphatic rings. The van der Waals surface area contributed by atoms with Crippen LogP contribution in [0.4, 0.5) is 13.2 Å². The van der Waals surface area contributed by atoms with Gasteiger partial charge in [0.15, 0.2) is 0 Å². The Kier molecular flexibility index (Phi) is 4.71. The number of aromatic nitrogens is 3. The van der Waals surface area contributed by atoms with Crippen LogP contribution in [-0.2, 0) is 0 Å². The van der Waals surface area contributed by atoms with Crippen LogP contribution >= 0.6 is 11.6 Å². The van der Waals surface area contributed by atoms with Crippen LogP contribution in [0.1, 0.15) is 0 Å². The van der Waals surface area contributed by atoms with Crippen molar-refractivity contribution in [1.82, 2.24) is 14.5 Å². The van der Waals surface area contributed by atoms with Gasteiger partial charge in [-0.2, -0.15) is 0 Å². The summed E-state index contributed by atoms with van der Waals surface area (Å²) in [6.07, 6.45) is 3.32. The Bertz CT molecular complexity index is 1430. The maximum atomic E-state index is 14.3. The van der Waals surface area contributed by atoms with Crippen molar-refractivity contribution in [1.29, 1.82) is 0 Å². The van der Waals surface area contributed by atoms with Gasteiger partial charge in [0.1, 0.15) is 23.3 Å². The molecule has 3 aromatic carbocycles. The highest BCUT2D eigenvalue weighted by atomic mass is 35.5. The average Bonchev–Trinajstić information content (AvgIpc) is 3.15. The minimum Gasteiger partial charge on any atom is -0.292 e. The van der Waals surface area contributed by atoms with Gasteiger partial charge in [-0.3, -0.25) is 9.55 Å². The van der Waals surface area contributed by atoms with Crippen LogP contribution < -0.4 is 0 Å². The first-order chi connectivity index (χ1) is 15.0. The summed E-state index contributed by atoms with van der Waals surface area (Å²) in [7, 11) is 0. The molecule has 31 heavy (non-hydrogen) atoms. The summed E-state index contributed by atoms with van der Waals surface area (Å²) in [6, 6.07) is 16.8. The van der Waals surface area contributed by atoms with Crippen molar-refractivity contribution in [2.24, 2.45) is 0 Å². The topological polar surface area (TPSA) is 30.7 Å². The summed E-state index contributed by atoms with van der Waals surface area (Å²) >= 11 is 6.02. The molecular weight excluding hydrogens is 423 g/mol. The standard InChI is InChI=1S/C24H13ClF3N3/c25-19-12-17(5-7-20(19)27)31-23-8-3-14(18-6-4-16(26)11-21(18)28)10-22(23)30-24(31)15-2-1-9-29-13-15/h1-13H. The van der Waals surface area contributed by atoms with E-state index in [1.807, 2.05) is 10.6 Å². The normalized spacial score (nSPS) is 11.2. The second-order valence-corrected chi connectivity index (χ2v) is 7.35. The summed E-state index contributed by atoms with van der Waals surface area (Å²) in [5.41, 5.74) is 3.49. The minimum absolute atomic E-state index is 0.0125. The molecule has 0 aliphatic carbocycles. The largest absolute Gasteiger partial charge is 0.292 e. The number of pyridine rings is 1. The molecule has 0 spiro atoms. The summed E-state index contributed by atoms with van der Waals surface area (Å²) in [4.78, 5) is 8.89. The summed E-state index contributed by atoms with van der Waals surface area (Å²) < 4.78 is 43.2. The van der Waals surface area contributed by atoms with Gasteiger partial charge in [-0.15, -0.1) is 0 Å². The van der Waals surface area contributed by atoms with Crippen molar-refractivity contribution in [2.45, 2.75) is 0 Å². The number of fused-ring (bicyclic) bond motifs is 1. The quantitative estimate of drug-likeness (QED) is 0.311. The van der Waals surface area contributed by atoms with Gasteiger partial charge >= 0.3 is 0 Å². The Labute approximate surface area is 180 Å². The van der Waals surface area contributed by atoms with Crippen LogP contribution in [0, 0.1) is 17.5 Å². The molecule has 7 heteroatoms. The number of hydrogen-bond donors (Lipinski definition) is 0. The average molecular weight is 436 g/mol. The first-order valence-corrected chi connectivity index (χ1v) is 9.73. The molecule has 0 saturated carbocycles. The zero-order chi connectivity index (χ0) is 21.5. The molecule has 2 aromatic heterocycles. The lowest BCUT2D eigenvalue weighted by Crippen LogP contribution is -1.98. The SMILES string of the molecule is Fc1ccc(-c2ccc3c(c2)nc(-c2cccnc2)n3-c2ccc(F)c(Cl)c2)c(F)c1. The first kappa shape index (κ1) is 19.3. The van der Waals surface area contributed by atoms with E-state index in [2.05, 4.69) is 4.98 Å². The molecule has 0 fully saturated rings. The van der Waals surface area contributed by atoms with E-state index in [1.165, 1.54) is 24.3 Å². The van der Waals surface area contributed by atoms with Gasteiger partial charge in [0.2, 0.25) is 0 Å². The molecule has 3 nitrogen and oxygen atoms in total. The fourth-order valence-corrected chi connectivity index (χ4v) is 3.72. The molecule has 0 atom stereocenters. The van der Waals surface area contributed by atoms with E-state index in [-0.39, 0.29) is 10.6 Å². The van der Waals surface area contributed by atoms with Crippen molar-refractivity contribution in [3.8, 4) is 28.2 Å². The number of halogens is 4. The van der Waals surface area contributed by atoms with Gasteiger partial charge in [-0.1, -0.05) is 17.7 Å². The molecule has 0 unspecified atom stereocenters. The third kappa shape index (κ3) is 3.45. The van der Waals surface area contributed by atoms with Crippen molar-refractivity contribution >= 4 is 22.6 Å². The van der Waals surface area contributed by atoms with Crippen LogP contribution in [0.15, 0.2) is 79.1 Å². The van der Waals surface area contributed by atoms with E-state index in [1.54, 1.807) is 42.7 Å². The van der Waals surface area contributed by atoms with Crippen LogP contribution in [0.25, 0.3) is 39.2 Å². The third-order valence-corrected chi connectivity index (χ3v) is 5.27. The van der Waals surface area contributed by atoms with Crippen LogP contribution in [0.3, 0.4) is 0 Å². The van der Waals surface area contributed by atoms with Crippen molar-refractivity contribution in [2.75, 3.05) is 0 Å². The Morgan fingerprint density at radius 3 is 2.42 bits per heavy atom. The molecule has 5 aromatic rings. The predicted molar refractivity (Wildman–Crippen MR) is 115 cm³/mol. The monoisotopic (exact) mass is 435 g/mol. The predicted octanol–water partition coefficient (Wildman–Crippen LogP) is 6.83. The fourth-order valence-electron chi connectivity index (χ4n) is 3.55. The van der Waals surface area contributed by atoms with Gasteiger partial charge < -0.3 is 0 Å². The van der Waals surface area contributed by atoms with E-state index in [4.69, 9.17) is 16.6 Å². The smallest absolute Gasteiger partial charge is 0.147 e. The van der Waals surface area contributed by atoms with Crippen molar-refractivity contribution in [3.63, 3.8) is 0 Å². The zero-order valence-electron chi connectivity index (χ0n) is 15.9. The number of benzene rings is 3. The molecule has 0 aliphatic heterocycles. The number of imidazole rings is 1. The maximum Gasteiger partial charge on any atom is 0.147 e. The summed E-state index contributed by atoms with van der Waals surface area (Å²) in [5, 5.41) is -0.0125. The molecular formula is C24H13ClF3N3. The highest BCUT2D eigenvalue weighted by molar-refractivity contribution is 6.30. The molecule has 0 N–H and O–H groups in total. The van der Waals surface area contributed by atoms with Gasteiger partial charge in [0.05, 0.1) is 16.1 Å². The number of nitrogens with zero attached hydrogens (tertiary/aromatic N) is 3. The Morgan fingerprint density at radius 1 is 0.806 bits per heavy atom. The van der Waals surface area contributed by atoms with Crippen LogP contribution in [0.2, 0.25) is 5.02 Å².